The maximum atomic E-state index is 2.59. The maximum Gasteiger partial charge on any atom is 0.252 e. The number of nitrogens with zero attached hydrogens (tertiary/aromatic N) is 2. The van der Waals surface area contributed by atoms with Gasteiger partial charge >= 0.3 is 0 Å². The van der Waals surface area contributed by atoms with E-state index in [4.69, 9.17) is 0 Å². The number of aryl methyl sites for hydroxylation is 1. The Morgan fingerprint density at radius 3 is 1.42 bits per heavy atom. The molecular weight excluding hydrogens is 856 g/mol. The summed E-state index contributed by atoms with van der Waals surface area (Å²) in [5, 5.41) is 0. The van der Waals surface area contributed by atoms with Gasteiger partial charge in [-0.15, -0.1) is 0 Å². The van der Waals surface area contributed by atoms with Crippen LogP contribution in [-0.2, 0) is 21.7 Å². The van der Waals surface area contributed by atoms with Gasteiger partial charge < -0.3 is 9.80 Å². The zero-order valence-electron chi connectivity index (χ0n) is 43.0. The van der Waals surface area contributed by atoms with Gasteiger partial charge in [0, 0.05) is 34.1 Å². The van der Waals surface area contributed by atoms with Gasteiger partial charge in [0.15, 0.2) is 0 Å². The van der Waals surface area contributed by atoms with E-state index in [1.807, 2.05) is 0 Å². The molecule has 2 aliphatic heterocycles. The predicted octanol–water partition coefficient (Wildman–Crippen LogP) is 16.0. The highest BCUT2D eigenvalue weighted by atomic mass is 15.2. The van der Waals surface area contributed by atoms with Gasteiger partial charge in [0.05, 0.1) is 5.41 Å². The minimum atomic E-state index is -0.476. The van der Waals surface area contributed by atoms with Crippen molar-refractivity contribution in [2.45, 2.75) is 90.9 Å². The second kappa shape index (κ2) is 16.1. The topological polar surface area (TPSA) is 6.48 Å². The first-order chi connectivity index (χ1) is 34.0. The van der Waals surface area contributed by atoms with E-state index in [0.29, 0.717) is 0 Å². The lowest BCUT2D eigenvalue weighted by molar-refractivity contribution is 0.590. The summed E-state index contributed by atoms with van der Waals surface area (Å²) >= 11 is 0. The van der Waals surface area contributed by atoms with Crippen LogP contribution in [0.5, 0.6) is 0 Å². The SMILES string of the molecule is Cc1cc2c3c(c1)N(c1cccc(-c4ccc5c(c4)C(c4ccccc4)(c4ccccc4)c4ccccc4-5)c1)c1cc(C(C)(C)C)ccc1B3c1ccc(C(C)(C)C)cc1N2c1ccc(C(C)(C)C)cc1. The highest BCUT2D eigenvalue weighted by Gasteiger charge is 2.47. The fourth-order valence-corrected chi connectivity index (χ4v) is 12.2. The number of benzene rings is 9. The molecule has 0 spiro atoms. The van der Waals surface area contributed by atoms with Gasteiger partial charge in [0.2, 0.25) is 0 Å². The summed E-state index contributed by atoms with van der Waals surface area (Å²) in [4.78, 5) is 5.16. The average Bonchev–Trinajstić information content (AvgIpc) is 3.66. The number of rotatable bonds is 5. The van der Waals surface area contributed by atoms with Gasteiger partial charge in [-0.25, -0.2) is 0 Å². The fourth-order valence-electron chi connectivity index (χ4n) is 12.2. The van der Waals surface area contributed by atoms with Gasteiger partial charge in [0.25, 0.3) is 6.71 Å². The van der Waals surface area contributed by atoms with E-state index < -0.39 is 5.41 Å². The molecule has 0 fully saturated rings. The third kappa shape index (κ3) is 7.06. The van der Waals surface area contributed by atoms with Crippen molar-refractivity contribution in [2.75, 3.05) is 9.80 Å². The average molecular weight is 919 g/mol. The molecule has 0 N–H and O–H groups in total. The lowest BCUT2D eigenvalue weighted by Gasteiger charge is -2.45. The fraction of sp³-hybridized carbons (Fsp3) is 0.206. The monoisotopic (exact) mass is 919 g/mol. The van der Waals surface area contributed by atoms with Crippen LogP contribution in [0.25, 0.3) is 22.3 Å². The Bertz CT molecular complexity index is 3510. The highest BCUT2D eigenvalue weighted by Crippen LogP contribution is 2.57. The van der Waals surface area contributed by atoms with Gasteiger partial charge in [-0.1, -0.05) is 208 Å². The maximum absolute atomic E-state index is 2.59. The molecule has 2 heterocycles. The molecule has 0 unspecified atom stereocenters. The van der Waals surface area contributed by atoms with Gasteiger partial charge in [0.1, 0.15) is 0 Å². The van der Waals surface area contributed by atoms with Crippen LogP contribution < -0.4 is 26.2 Å². The number of fused-ring (bicyclic) bond motifs is 7. The minimum Gasteiger partial charge on any atom is -0.311 e. The molecule has 0 aromatic heterocycles. The summed E-state index contributed by atoms with van der Waals surface area (Å²) in [6.45, 7) is 23.2. The van der Waals surface area contributed by atoms with Crippen molar-refractivity contribution < 1.29 is 0 Å². The standard InChI is InChI=1S/C68H63BN2/c1-44-38-62-64-63(39-44)71(53-25-19-20-45(40-53)46-28-35-55-54-26-17-18-27-56(54)68(57(55)41-46,48-21-13-11-14-22-48)49-23-15-12-16-24-49)61-43-51(67(8,9)10)32-37-59(61)69(64)58-36-31-50(66(5,6)7)42-60(58)70(62)52-33-29-47(30-34-52)65(2,3)4/h11-43H,1-10H3. The highest BCUT2D eigenvalue weighted by molar-refractivity contribution is 7.00. The summed E-state index contributed by atoms with van der Waals surface area (Å²) in [7, 11) is 0. The predicted molar refractivity (Wildman–Crippen MR) is 304 cm³/mol. The molecule has 9 aromatic carbocycles. The summed E-state index contributed by atoms with van der Waals surface area (Å²) in [6.07, 6.45) is 0. The van der Waals surface area contributed by atoms with E-state index in [1.165, 1.54) is 112 Å². The van der Waals surface area contributed by atoms with Crippen molar-refractivity contribution in [3.8, 4) is 22.3 Å². The van der Waals surface area contributed by atoms with E-state index in [2.05, 4.69) is 279 Å². The van der Waals surface area contributed by atoms with E-state index in [-0.39, 0.29) is 23.0 Å². The van der Waals surface area contributed by atoms with Crippen molar-refractivity contribution in [2.24, 2.45) is 0 Å². The van der Waals surface area contributed by atoms with Gasteiger partial charge in [-0.3, -0.25) is 0 Å². The zero-order valence-corrected chi connectivity index (χ0v) is 43.0. The number of anilines is 6. The normalized spacial score (nSPS) is 14.4. The first-order valence-electron chi connectivity index (χ1n) is 25.6. The Morgan fingerprint density at radius 2 is 0.859 bits per heavy atom. The van der Waals surface area contributed by atoms with E-state index in [1.54, 1.807) is 0 Å². The molecule has 0 atom stereocenters. The molecule has 3 heteroatoms. The molecule has 3 aliphatic rings. The third-order valence-electron chi connectivity index (χ3n) is 15.8. The van der Waals surface area contributed by atoms with Crippen molar-refractivity contribution in [1.29, 1.82) is 0 Å². The van der Waals surface area contributed by atoms with Crippen LogP contribution in [-0.4, -0.2) is 6.71 Å². The lowest BCUT2D eigenvalue weighted by atomic mass is 9.33. The largest absolute Gasteiger partial charge is 0.311 e. The van der Waals surface area contributed by atoms with Crippen LogP contribution >= 0.6 is 0 Å². The first kappa shape index (κ1) is 44.8. The molecule has 0 amide bonds. The zero-order chi connectivity index (χ0) is 49.2. The number of hydrogen-bond donors (Lipinski definition) is 0. The second-order valence-electron chi connectivity index (χ2n) is 23.5. The van der Waals surface area contributed by atoms with E-state index >= 15 is 0 Å². The summed E-state index contributed by atoms with van der Waals surface area (Å²) in [6, 6.07) is 76.7. The molecule has 0 saturated heterocycles. The number of hydrogen-bond acceptors (Lipinski definition) is 2. The molecule has 71 heavy (non-hydrogen) atoms. The van der Waals surface area contributed by atoms with Crippen LogP contribution in [0.15, 0.2) is 200 Å². The second-order valence-corrected chi connectivity index (χ2v) is 23.5. The van der Waals surface area contributed by atoms with Gasteiger partial charge in [-0.2, -0.15) is 0 Å². The Balaban J connectivity index is 1.08. The molecule has 348 valence electrons. The molecule has 12 rings (SSSR count). The van der Waals surface area contributed by atoms with Crippen molar-refractivity contribution in [3.63, 3.8) is 0 Å². The third-order valence-corrected chi connectivity index (χ3v) is 15.8. The van der Waals surface area contributed by atoms with Crippen molar-refractivity contribution >= 4 is 57.2 Å². The molecule has 0 saturated carbocycles. The van der Waals surface area contributed by atoms with E-state index in [9.17, 15) is 0 Å². The molecule has 9 aromatic rings. The van der Waals surface area contributed by atoms with Crippen molar-refractivity contribution in [3.05, 3.63) is 245 Å². The molecule has 0 radical (unpaired) electrons. The van der Waals surface area contributed by atoms with Crippen LogP contribution in [0, 0.1) is 6.92 Å². The summed E-state index contributed by atoms with van der Waals surface area (Å²) in [5.74, 6) is 0. The minimum absolute atomic E-state index is 0.0177. The molecular formula is C68H63BN2. The Kier molecular flexibility index (Phi) is 10.2. The Hall–Kier alpha value is -7.36. The van der Waals surface area contributed by atoms with Crippen LogP contribution in [0.3, 0.4) is 0 Å². The van der Waals surface area contributed by atoms with Crippen molar-refractivity contribution in [1.82, 2.24) is 0 Å². The lowest BCUT2D eigenvalue weighted by Crippen LogP contribution is -2.61. The molecule has 2 nitrogen and oxygen atoms in total. The van der Waals surface area contributed by atoms with Gasteiger partial charge in [-0.05, 0) is 161 Å². The van der Waals surface area contributed by atoms with Crippen LogP contribution in [0.4, 0.5) is 34.1 Å². The smallest absolute Gasteiger partial charge is 0.252 e. The van der Waals surface area contributed by atoms with E-state index in [0.717, 1.165) is 5.69 Å². The summed E-state index contributed by atoms with van der Waals surface area (Å²) < 4.78 is 0. The molecule has 0 bridgehead atoms. The Labute approximate surface area is 422 Å². The quantitative estimate of drug-likeness (QED) is 0.159. The Morgan fingerprint density at radius 1 is 0.366 bits per heavy atom. The first-order valence-corrected chi connectivity index (χ1v) is 25.6. The van der Waals surface area contributed by atoms with Crippen LogP contribution in [0.2, 0.25) is 0 Å². The van der Waals surface area contributed by atoms with Crippen LogP contribution in [0.1, 0.15) is 107 Å². The molecule has 1 aliphatic carbocycles. The summed E-state index contributed by atoms with van der Waals surface area (Å²) in [5.41, 5.74) is 26.2.